The maximum absolute atomic E-state index is 11.9. The van der Waals surface area contributed by atoms with Gasteiger partial charge in [-0.15, -0.1) is 0 Å². The Morgan fingerprint density at radius 2 is 2.00 bits per heavy atom. The van der Waals surface area contributed by atoms with Gasteiger partial charge in [-0.1, -0.05) is 13.8 Å². The highest BCUT2D eigenvalue weighted by molar-refractivity contribution is 5.91. The van der Waals surface area contributed by atoms with Gasteiger partial charge in [-0.25, -0.2) is 0 Å². The van der Waals surface area contributed by atoms with E-state index in [2.05, 4.69) is 5.32 Å². The molecule has 1 aliphatic carbocycles. The predicted molar refractivity (Wildman–Crippen MR) is 62.5 cm³/mol. The standard InChI is InChI=1S/C12H21NO4/c1-5-17-6-7(2)13-10(14)8-9(11(15)16)12(8,3)4/h7-9H,5-6H2,1-4H3,(H,13,14)(H,15,16)/t7?,8-,9+/m1/s1. The number of aliphatic carboxylic acids is 1. The quantitative estimate of drug-likeness (QED) is 0.726. The van der Waals surface area contributed by atoms with Gasteiger partial charge in [-0.05, 0) is 19.3 Å². The van der Waals surface area contributed by atoms with Crippen molar-refractivity contribution in [3.8, 4) is 0 Å². The van der Waals surface area contributed by atoms with Crippen LogP contribution in [0.5, 0.6) is 0 Å². The topological polar surface area (TPSA) is 75.6 Å². The second kappa shape index (κ2) is 5.04. The van der Waals surface area contributed by atoms with Gasteiger partial charge < -0.3 is 15.2 Å². The minimum Gasteiger partial charge on any atom is -0.481 e. The molecule has 0 aliphatic heterocycles. The molecule has 17 heavy (non-hydrogen) atoms. The Hall–Kier alpha value is -1.10. The maximum Gasteiger partial charge on any atom is 0.307 e. The summed E-state index contributed by atoms with van der Waals surface area (Å²) in [5.41, 5.74) is -0.443. The van der Waals surface area contributed by atoms with Gasteiger partial charge in [0.15, 0.2) is 0 Å². The van der Waals surface area contributed by atoms with E-state index in [0.29, 0.717) is 13.2 Å². The summed E-state index contributed by atoms with van der Waals surface area (Å²) in [6.45, 7) is 8.41. The molecule has 1 rings (SSSR count). The predicted octanol–water partition coefficient (Wildman–Crippen LogP) is 0.884. The summed E-state index contributed by atoms with van der Waals surface area (Å²) in [4.78, 5) is 22.8. The molecule has 0 aromatic carbocycles. The first-order valence-electron chi connectivity index (χ1n) is 5.93. The third kappa shape index (κ3) is 2.97. The lowest BCUT2D eigenvalue weighted by Crippen LogP contribution is -2.38. The molecule has 1 saturated carbocycles. The summed E-state index contributed by atoms with van der Waals surface area (Å²) in [5, 5.41) is 11.8. The van der Waals surface area contributed by atoms with Gasteiger partial charge in [0.05, 0.1) is 18.4 Å². The summed E-state index contributed by atoms with van der Waals surface area (Å²) < 4.78 is 5.19. The van der Waals surface area contributed by atoms with Crippen molar-refractivity contribution >= 4 is 11.9 Å². The zero-order valence-electron chi connectivity index (χ0n) is 10.8. The molecule has 0 aromatic rings. The Morgan fingerprint density at radius 1 is 1.41 bits per heavy atom. The number of carboxylic acid groups (broad SMARTS) is 1. The molecule has 0 radical (unpaired) electrons. The largest absolute Gasteiger partial charge is 0.481 e. The number of hydrogen-bond acceptors (Lipinski definition) is 3. The zero-order chi connectivity index (χ0) is 13.2. The third-order valence-corrected chi connectivity index (χ3v) is 3.34. The molecular formula is C12H21NO4. The first-order chi connectivity index (χ1) is 7.82. The molecule has 5 heteroatoms. The molecule has 0 bridgehead atoms. The number of nitrogens with one attached hydrogen (secondary N) is 1. The molecule has 0 aromatic heterocycles. The first-order valence-corrected chi connectivity index (χ1v) is 5.93. The average molecular weight is 243 g/mol. The summed E-state index contributed by atoms with van der Waals surface area (Å²) in [5.74, 6) is -2.08. The molecule has 1 aliphatic rings. The van der Waals surface area contributed by atoms with E-state index in [-0.39, 0.29) is 11.9 Å². The monoisotopic (exact) mass is 243 g/mol. The summed E-state index contributed by atoms with van der Waals surface area (Å²) >= 11 is 0. The van der Waals surface area contributed by atoms with Crippen LogP contribution >= 0.6 is 0 Å². The molecule has 5 nitrogen and oxygen atoms in total. The van der Waals surface area contributed by atoms with Crippen LogP contribution in [0, 0.1) is 17.3 Å². The van der Waals surface area contributed by atoms with E-state index in [1.165, 1.54) is 0 Å². The van der Waals surface area contributed by atoms with Crippen LogP contribution in [0.3, 0.4) is 0 Å². The van der Waals surface area contributed by atoms with E-state index < -0.39 is 23.2 Å². The number of carbonyl (C=O) groups excluding carboxylic acids is 1. The van der Waals surface area contributed by atoms with E-state index in [1.807, 2.05) is 27.7 Å². The van der Waals surface area contributed by atoms with Gasteiger partial charge >= 0.3 is 5.97 Å². The third-order valence-electron chi connectivity index (χ3n) is 3.34. The van der Waals surface area contributed by atoms with Crippen LogP contribution in [0.25, 0.3) is 0 Å². The van der Waals surface area contributed by atoms with Crippen molar-refractivity contribution in [3.63, 3.8) is 0 Å². The van der Waals surface area contributed by atoms with E-state index in [0.717, 1.165) is 0 Å². The summed E-state index contributed by atoms with van der Waals surface area (Å²) in [6, 6.07) is -0.0895. The Bertz CT molecular complexity index is 314. The minimum atomic E-state index is -0.896. The van der Waals surface area contributed by atoms with Crippen LogP contribution in [0.15, 0.2) is 0 Å². The molecule has 0 saturated heterocycles. The van der Waals surface area contributed by atoms with E-state index >= 15 is 0 Å². The fraction of sp³-hybridized carbons (Fsp3) is 0.833. The number of rotatable bonds is 6. The van der Waals surface area contributed by atoms with Crippen molar-refractivity contribution < 1.29 is 19.4 Å². The number of carbonyl (C=O) groups is 2. The minimum absolute atomic E-state index is 0.0895. The smallest absolute Gasteiger partial charge is 0.307 e. The van der Waals surface area contributed by atoms with Gasteiger partial charge in [-0.2, -0.15) is 0 Å². The van der Waals surface area contributed by atoms with Gasteiger partial charge in [-0.3, -0.25) is 9.59 Å². The Labute approximate surface area is 102 Å². The highest BCUT2D eigenvalue weighted by atomic mass is 16.5. The number of carboxylic acids is 1. The van der Waals surface area contributed by atoms with Crippen LogP contribution in [-0.2, 0) is 14.3 Å². The maximum atomic E-state index is 11.9. The summed E-state index contributed by atoms with van der Waals surface area (Å²) in [6.07, 6.45) is 0. The van der Waals surface area contributed by atoms with E-state index in [1.54, 1.807) is 0 Å². The van der Waals surface area contributed by atoms with E-state index in [9.17, 15) is 9.59 Å². The van der Waals surface area contributed by atoms with Crippen molar-refractivity contribution in [2.75, 3.05) is 13.2 Å². The molecule has 1 amide bonds. The Kier molecular flexibility index (Phi) is 4.14. The normalized spacial score (nSPS) is 27.3. The van der Waals surface area contributed by atoms with Crippen molar-refractivity contribution in [1.82, 2.24) is 5.32 Å². The lowest BCUT2D eigenvalue weighted by Gasteiger charge is -2.14. The number of hydrogen-bond donors (Lipinski definition) is 2. The van der Waals surface area contributed by atoms with Gasteiger partial charge in [0.25, 0.3) is 0 Å². The molecule has 1 fully saturated rings. The summed E-state index contributed by atoms with van der Waals surface area (Å²) in [7, 11) is 0. The van der Waals surface area contributed by atoms with Crippen molar-refractivity contribution in [2.45, 2.75) is 33.7 Å². The highest BCUT2D eigenvalue weighted by Gasteiger charge is 2.65. The Morgan fingerprint density at radius 3 is 2.41 bits per heavy atom. The fourth-order valence-electron chi connectivity index (χ4n) is 2.26. The van der Waals surface area contributed by atoms with Gasteiger partial charge in [0.2, 0.25) is 5.91 Å². The molecule has 0 spiro atoms. The van der Waals surface area contributed by atoms with Crippen LogP contribution in [0.4, 0.5) is 0 Å². The van der Waals surface area contributed by atoms with Crippen molar-refractivity contribution in [3.05, 3.63) is 0 Å². The van der Waals surface area contributed by atoms with Crippen LogP contribution in [0.2, 0.25) is 0 Å². The second-order valence-corrected chi connectivity index (χ2v) is 5.18. The van der Waals surface area contributed by atoms with Gasteiger partial charge in [0.1, 0.15) is 0 Å². The average Bonchev–Trinajstić information content (AvgIpc) is 2.78. The number of amides is 1. The molecule has 98 valence electrons. The van der Waals surface area contributed by atoms with Crippen LogP contribution < -0.4 is 5.32 Å². The first kappa shape index (κ1) is 14.0. The lowest BCUT2D eigenvalue weighted by molar-refractivity contribution is -0.140. The highest BCUT2D eigenvalue weighted by Crippen LogP contribution is 2.58. The van der Waals surface area contributed by atoms with E-state index in [4.69, 9.17) is 9.84 Å². The molecule has 3 atom stereocenters. The zero-order valence-corrected chi connectivity index (χ0v) is 10.8. The van der Waals surface area contributed by atoms with Crippen LogP contribution in [-0.4, -0.2) is 36.2 Å². The molecule has 0 heterocycles. The van der Waals surface area contributed by atoms with Gasteiger partial charge in [0, 0.05) is 12.6 Å². The lowest BCUT2D eigenvalue weighted by atomic mass is 10.1. The fourth-order valence-corrected chi connectivity index (χ4v) is 2.26. The second-order valence-electron chi connectivity index (χ2n) is 5.18. The molecular weight excluding hydrogens is 222 g/mol. The molecule has 2 N–H and O–H groups in total. The Balaban J connectivity index is 2.47. The molecule has 1 unspecified atom stereocenters. The number of ether oxygens (including phenoxy) is 1. The van der Waals surface area contributed by atoms with Crippen molar-refractivity contribution in [1.29, 1.82) is 0 Å². The SMILES string of the molecule is CCOCC(C)NC(=O)[C@H]1[C@@H](C(=O)O)C1(C)C. The van der Waals surface area contributed by atoms with Crippen LogP contribution in [0.1, 0.15) is 27.7 Å². The van der Waals surface area contributed by atoms with Crippen molar-refractivity contribution in [2.24, 2.45) is 17.3 Å².